The van der Waals surface area contributed by atoms with Gasteiger partial charge in [-0.05, 0) is 55.7 Å². The number of nitrogens with zero attached hydrogens (tertiary/aromatic N) is 1. The molecule has 166 valence electrons. The molecule has 0 unspecified atom stereocenters. The molecule has 0 saturated heterocycles. The van der Waals surface area contributed by atoms with Gasteiger partial charge in [0.1, 0.15) is 5.56 Å². The highest BCUT2D eigenvalue weighted by Gasteiger charge is 2.30. The van der Waals surface area contributed by atoms with Gasteiger partial charge in [0.15, 0.2) is 16.7 Å². The van der Waals surface area contributed by atoms with E-state index in [9.17, 15) is 18.4 Å². The van der Waals surface area contributed by atoms with Gasteiger partial charge in [-0.2, -0.15) is 4.39 Å². The highest BCUT2D eigenvalue weighted by molar-refractivity contribution is 7.80. The molecule has 4 rings (SSSR count). The van der Waals surface area contributed by atoms with Crippen molar-refractivity contribution in [1.82, 2.24) is 15.4 Å². The van der Waals surface area contributed by atoms with Crippen LogP contribution >= 0.6 is 12.2 Å². The minimum absolute atomic E-state index is 0.0413. The monoisotopic (exact) mass is 458 g/mol. The number of ether oxygens (including phenoxy) is 1. The summed E-state index contributed by atoms with van der Waals surface area (Å²) in [7, 11) is 1.20. The van der Waals surface area contributed by atoms with Crippen molar-refractivity contribution in [2.75, 3.05) is 12.4 Å². The Hall–Kier alpha value is -3.53. The van der Waals surface area contributed by atoms with E-state index in [-0.39, 0.29) is 33.4 Å². The largest absolute Gasteiger partial charge is 0.491 e. The second-order valence-corrected chi connectivity index (χ2v) is 7.92. The van der Waals surface area contributed by atoms with Gasteiger partial charge in [0.25, 0.3) is 5.91 Å². The first-order valence-electron chi connectivity index (χ1n) is 9.85. The average molecular weight is 458 g/mol. The van der Waals surface area contributed by atoms with Crippen LogP contribution in [0.15, 0.2) is 41.3 Å². The Labute approximate surface area is 187 Å². The first-order chi connectivity index (χ1) is 15.3. The van der Waals surface area contributed by atoms with Crippen molar-refractivity contribution in [1.29, 1.82) is 0 Å². The van der Waals surface area contributed by atoms with Crippen molar-refractivity contribution < 1.29 is 18.3 Å². The number of rotatable bonds is 4. The molecule has 10 heteroatoms. The van der Waals surface area contributed by atoms with Crippen molar-refractivity contribution in [3.8, 4) is 5.75 Å². The van der Waals surface area contributed by atoms with Crippen LogP contribution in [0.2, 0.25) is 0 Å². The normalized spacial score (nSPS) is 13.0. The maximum atomic E-state index is 14.3. The first kappa shape index (κ1) is 21.7. The van der Waals surface area contributed by atoms with Gasteiger partial charge < -0.3 is 14.6 Å². The van der Waals surface area contributed by atoms with E-state index in [1.807, 2.05) is 31.2 Å². The maximum Gasteiger partial charge on any atom is 0.275 e. The summed E-state index contributed by atoms with van der Waals surface area (Å²) in [6.07, 6.45) is 2.91. The molecule has 1 aromatic heterocycles. The number of aromatic nitrogens is 1. The zero-order valence-electron chi connectivity index (χ0n) is 17.3. The minimum atomic E-state index is -1.23. The lowest BCUT2D eigenvalue weighted by molar-refractivity contribution is 0.0942. The molecule has 3 aromatic rings. The third-order valence-electron chi connectivity index (χ3n) is 5.12. The van der Waals surface area contributed by atoms with E-state index in [4.69, 9.17) is 17.0 Å². The second-order valence-electron chi connectivity index (χ2n) is 7.51. The highest BCUT2D eigenvalue weighted by Crippen LogP contribution is 2.40. The van der Waals surface area contributed by atoms with E-state index >= 15 is 0 Å². The van der Waals surface area contributed by atoms with E-state index in [1.165, 1.54) is 13.3 Å². The molecular weight excluding hydrogens is 438 g/mol. The lowest BCUT2D eigenvalue weighted by Gasteiger charge is -2.17. The predicted octanol–water partition coefficient (Wildman–Crippen LogP) is 3.56. The summed E-state index contributed by atoms with van der Waals surface area (Å²) >= 11 is 5.17. The third-order valence-corrected chi connectivity index (χ3v) is 5.32. The van der Waals surface area contributed by atoms with Crippen molar-refractivity contribution in [3.05, 3.63) is 69.5 Å². The standard InChI is InChI=1S/C22H20F2N4O3S/c1-11-4-3-5-12(8-11)25-22(32)27-26-21(30)15-10-28(13-6-7-13)18-14(19(15)29)9-16(23)17(24)20(18)31-2/h3-5,8-10,13H,6-7H2,1-2H3,(H,26,30)(H2,25,27,32). The van der Waals surface area contributed by atoms with E-state index in [2.05, 4.69) is 16.2 Å². The van der Waals surface area contributed by atoms with Gasteiger partial charge in [-0.1, -0.05) is 12.1 Å². The molecule has 1 saturated carbocycles. The number of nitrogens with one attached hydrogen (secondary N) is 3. The zero-order chi connectivity index (χ0) is 23.0. The average Bonchev–Trinajstić information content (AvgIpc) is 3.59. The molecule has 1 aliphatic carbocycles. The van der Waals surface area contributed by atoms with E-state index in [0.717, 1.165) is 30.2 Å². The topological polar surface area (TPSA) is 84.4 Å². The zero-order valence-corrected chi connectivity index (χ0v) is 18.1. The number of aryl methyl sites for hydroxylation is 1. The lowest BCUT2D eigenvalue weighted by atomic mass is 10.1. The van der Waals surface area contributed by atoms with Crippen molar-refractivity contribution in [2.45, 2.75) is 25.8 Å². The number of anilines is 1. The number of hydrogen-bond donors (Lipinski definition) is 3. The van der Waals surface area contributed by atoms with Gasteiger partial charge in [-0.3, -0.25) is 20.4 Å². The molecule has 2 aromatic carbocycles. The van der Waals surface area contributed by atoms with Crippen LogP contribution in [0.3, 0.4) is 0 Å². The number of halogens is 2. The number of carbonyl (C=O) groups excluding carboxylic acids is 1. The second kappa shape index (κ2) is 8.54. The van der Waals surface area contributed by atoms with Crippen LogP contribution in [0, 0.1) is 18.6 Å². The lowest BCUT2D eigenvalue weighted by Crippen LogP contribution is -2.45. The molecule has 1 amide bonds. The predicted molar refractivity (Wildman–Crippen MR) is 121 cm³/mol. The van der Waals surface area contributed by atoms with Crippen molar-refractivity contribution >= 4 is 39.8 Å². The van der Waals surface area contributed by atoms with Crippen LogP contribution in [0.25, 0.3) is 10.9 Å². The van der Waals surface area contributed by atoms with Crippen LogP contribution in [0.1, 0.15) is 34.8 Å². The Morgan fingerprint density at radius 3 is 2.62 bits per heavy atom. The quantitative estimate of drug-likeness (QED) is 0.410. The number of amides is 1. The maximum absolute atomic E-state index is 14.3. The summed E-state index contributed by atoms with van der Waals surface area (Å²) in [4.78, 5) is 25.7. The summed E-state index contributed by atoms with van der Waals surface area (Å²) < 4.78 is 35.0. The van der Waals surface area contributed by atoms with Crippen LogP contribution < -0.4 is 26.3 Å². The Bertz CT molecular complexity index is 1300. The van der Waals surface area contributed by atoms with Gasteiger partial charge >= 0.3 is 0 Å². The summed E-state index contributed by atoms with van der Waals surface area (Å²) in [5, 5.41) is 2.89. The SMILES string of the molecule is COc1c(F)c(F)cc2c(=O)c(C(=O)NNC(=S)Nc3cccc(C)c3)cn(C3CC3)c12. The Morgan fingerprint density at radius 1 is 1.22 bits per heavy atom. The molecule has 1 aliphatic rings. The highest BCUT2D eigenvalue weighted by atomic mass is 32.1. The van der Waals surface area contributed by atoms with E-state index in [1.54, 1.807) is 4.57 Å². The van der Waals surface area contributed by atoms with Gasteiger partial charge in [0, 0.05) is 17.9 Å². The molecule has 1 heterocycles. The molecule has 7 nitrogen and oxygen atoms in total. The third kappa shape index (κ3) is 4.13. The smallest absolute Gasteiger partial charge is 0.275 e. The summed E-state index contributed by atoms with van der Waals surface area (Å²) in [5.41, 5.74) is 5.82. The molecule has 32 heavy (non-hydrogen) atoms. The van der Waals surface area contributed by atoms with E-state index in [0.29, 0.717) is 0 Å². The van der Waals surface area contributed by atoms with E-state index < -0.39 is 23.0 Å². The molecule has 0 radical (unpaired) electrons. The van der Waals surface area contributed by atoms with Crippen LogP contribution in [-0.4, -0.2) is 22.7 Å². The molecule has 0 aliphatic heterocycles. The number of methoxy groups -OCH3 is 1. The Morgan fingerprint density at radius 2 is 1.97 bits per heavy atom. The van der Waals surface area contributed by atoms with Gasteiger partial charge in [0.2, 0.25) is 11.2 Å². The summed E-state index contributed by atoms with van der Waals surface area (Å²) in [6, 6.07) is 8.21. The summed E-state index contributed by atoms with van der Waals surface area (Å²) in [5.74, 6) is -3.53. The number of hydrazine groups is 1. The van der Waals surface area contributed by atoms with Gasteiger partial charge in [0.05, 0.1) is 18.0 Å². The molecule has 0 bridgehead atoms. The minimum Gasteiger partial charge on any atom is -0.491 e. The Balaban J connectivity index is 1.63. The number of benzene rings is 2. The number of thiocarbonyl (C=S) groups is 1. The molecular formula is C22H20F2N4O3S. The van der Waals surface area contributed by atoms with Crippen molar-refractivity contribution in [2.24, 2.45) is 0 Å². The fraction of sp³-hybridized carbons (Fsp3) is 0.227. The number of pyridine rings is 1. The number of hydrogen-bond acceptors (Lipinski definition) is 4. The molecule has 0 atom stereocenters. The molecule has 1 fully saturated rings. The van der Waals surface area contributed by atoms with Gasteiger partial charge in [-0.15, -0.1) is 0 Å². The number of carbonyl (C=O) groups is 1. The fourth-order valence-electron chi connectivity index (χ4n) is 3.48. The van der Waals surface area contributed by atoms with Crippen LogP contribution in [0.5, 0.6) is 5.75 Å². The first-order valence-corrected chi connectivity index (χ1v) is 10.3. The molecule has 0 spiro atoms. The molecule has 3 N–H and O–H groups in total. The van der Waals surface area contributed by atoms with Crippen LogP contribution in [0.4, 0.5) is 14.5 Å². The summed E-state index contributed by atoms with van der Waals surface area (Å²) in [6.45, 7) is 1.93. The van der Waals surface area contributed by atoms with Crippen LogP contribution in [-0.2, 0) is 0 Å². The van der Waals surface area contributed by atoms with Crippen molar-refractivity contribution in [3.63, 3.8) is 0 Å². The number of fused-ring (bicyclic) bond motifs is 1. The Kier molecular flexibility index (Phi) is 5.79. The van der Waals surface area contributed by atoms with Gasteiger partial charge in [-0.25, -0.2) is 4.39 Å². The fourth-order valence-corrected chi connectivity index (χ4v) is 3.65.